The smallest absolute Gasteiger partial charge is 0.306 e. The highest BCUT2D eigenvalue weighted by molar-refractivity contribution is 6.32. The first kappa shape index (κ1) is 17.1. The van der Waals surface area contributed by atoms with Crippen LogP contribution in [-0.4, -0.2) is 25.6 Å². The maximum Gasteiger partial charge on any atom is 0.306 e. The molecule has 1 amide bonds. The fraction of sp³-hybridized carbons (Fsp3) is 0.556. The molecule has 0 aromatic heterocycles. The highest BCUT2D eigenvalue weighted by Gasteiger charge is 2.40. The number of methoxy groups -OCH3 is 1. The molecule has 24 heavy (non-hydrogen) atoms. The van der Waals surface area contributed by atoms with Crippen LogP contribution >= 0.6 is 11.6 Å². The fourth-order valence-electron chi connectivity index (χ4n) is 3.99. The second-order valence-corrected chi connectivity index (χ2v) is 7.10. The lowest BCUT2D eigenvalue weighted by Crippen LogP contribution is -2.23. The molecular formula is C18H22ClNO4. The van der Waals surface area contributed by atoms with E-state index < -0.39 is 0 Å². The summed E-state index contributed by atoms with van der Waals surface area (Å²) in [6, 6.07) is 4.94. The predicted octanol–water partition coefficient (Wildman–Crippen LogP) is 3.66. The predicted molar refractivity (Wildman–Crippen MR) is 91.1 cm³/mol. The third-order valence-corrected chi connectivity index (χ3v) is 5.41. The summed E-state index contributed by atoms with van der Waals surface area (Å²) >= 11 is 6.00. The summed E-state index contributed by atoms with van der Waals surface area (Å²) in [6.07, 6.45) is 5.38. The van der Waals surface area contributed by atoms with E-state index in [9.17, 15) is 9.59 Å². The molecule has 2 bridgehead atoms. The van der Waals surface area contributed by atoms with E-state index in [0.717, 1.165) is 12.3 Å². The van der Waals surface area contributed by atoms with Gasteiger partial charge < -0.3 is 14.8 Å². The van der Waals surface area contributed by atoms with Gasteiger partial charge in [-0.1, -0.05) is 18.0 Å². The Morgan fingerprint density at radius 3 is 2.75 bits per heavy atom. The van der Waals surface area contributed by atoms with Gasteiger partial charge in [0.1, 0.15) is 5.75 Å². The Balaban J connectivity index is 1.42. The van der Waals surface area contributed by atoms with E-state index in [1.165, 1.54) is 26.4 Å². The highest BCUT2D eigenvalue weighted by Crippen LogP contribution is 2.49. The topological polar surface area (TPSA) is 64.6 Å². The molecule has 1 aromatic rings. The number of amides is 1. The molecule has 2 aliphatic carbocycles. The summed E-state index contributed by atoms with van der Waals surface area (Å²) < 4.78 is 10.2. The van der Waals surface area contributed by atoms with Crippen LogP contribution in [-0.2, 0) is 14.3 Å². The van der Waals surface area contributed by atoms with Gasteiger partial charge in [-0.3, -0.25) is 9.59 Å². The minimum absolute atomic E-state index is 0.275. The molecule has 5 nitrogen and oxygen atoms in total. The van der Waals surface area contributed by atoms with Crippen LogP contribution in [0.5, 0.6) is 5.75 Å². The highest BCUT2D eigenvalue weighted by atomic mass is 35.5. The summed E-state index contributed by atoms with van der Waals surface area (Å²) in [6.45, 7) is -0.275. The molecule has 0 saturated heterocycles. The largest absolute Gasteiger partial charge is 0.495 e. The minimum Gasteiger partial charge on any atom is -0.495 e. The monoisotopic (exact) mass is 351 g/mol. The van der Waals surface area contributed by atoms with Crippen LogP contribution in [0, 0.1) is 17.8 Å². The van der Waals surface area contributed by atoms with Crippen LogP contribution in [0.4, 0.5) is 5.69 Å². The van der Waals surface area contributed by atoms with Crippen molar-refractivity contribution in [1.82, 2.24) is 0 Å². The molecular weight excluding hydrogens is 330 g/mol. The zero-order valence-corrected chi connectivity index (χ0v) is 14.5. The van der Waals surface area contributed by atoms with Crippen LogP contribution in [0.1, 0.15) is 32.1 Å². The summed E-state index contributed by atoms with van der Waals surface area (Å²) in [7, 11) is 1.52. The number of carbonyl (C=O) groups excluding carboxylic acids is 2. The molecule has 3 atom stereocenters. The van der Waals surface area contributed by atoms with Crippen molar-refractivity contribution in [2.24, 2.45) is 17.8 Å². The van der Waals surface area contributed by atoms with Crippen LogP contribution in [0.3, 0.4) is 0 Å². The van der Waals surface area contributed by atoms with E-state index in [4.69, 9.17) is 21.1 Å². The van der Waals surface area contributed by atoms with Gasteiger partial charge in [0.25, 0.3) is 5.91 Å². The number of ether oxygens (including phenoxy) is 2. The number of hydrogen-bond acceptors (Lipinski definition) is 4. The van der Waals surface area contributed by atoms with Crippen molar-refractivity contribution >= 4 is 29.2 Å². The SMILES string of the molecule is COc1ccc(NC(=O)COC(=O)C[C@H]2C[C@@H]3CC[C@@H]2C3)cc1Cl. The number of halogens is 1. The van der Waals surface area contributed by atoms with Gasteiger partial charge in [0.05, 0.1) is 12.1 Å². The normalized spacial score (nSPS) is 24.7. The maximum atomic E-state index is 11.9. The number of benzene rings is 1. The molecule has 0 radical (unpaired) electrons. The first-order valence-electron chi connectivity index (χ1n) is 8.34. The molecule has 0 spiro atoms. The number of rotatable bonds is 6. The molecule has 2 fully saturated rings. The lowest BCUT2D eigenvalue weighted by Gasteiger charge is -2.20. The van der Waals surface area contributed by atoms with E-state index in [-0.39, 0.29) is 18.5 Å². The third kappa shape index (κ3) is 4.01. The van der Waals surface area contributed by atoms with Crippen molar-refractivity contribution in [3.63, 3.8) is 0 Å². The van der Waals surface area contributed by atoms with Gasteiger partial charge in [-0.25, -0.2) is 0 Å². The average Bonchev–Trinajstić information content (AvgIpc) is 3.16. The van der Waals surface area contributed by atoms with Crippen molar-refractivity contribution < 1.29 is 19.1 Å². The Morgan fingerprint density at radius 1 is 1.29 bits per heavy atom. The first-order valence-corrected chi connectivity index (χ1v) is 8.72. The van der Waals surface area contributed by atoms with E-state index >= 15 is 0 Å². The lowest BCUT2D eigenvalue weighted by atomic mass is 9.86. The zero-order valence-electron chi connectivity index (χ0n) is 13.7. The number of carbonyl (C=O) groups is 2. The van der Waals surface area contributed by atoms with Gasteiger partial charge >= 0.3 is 5.97 Å². The van der Waals surface area contributed by atoms with Crippen LogP contribution in [0.25, 0.3) is 0 Å². The molecule has 1 N–H and O–H groups in total. The molecule has 2 saturated carbocycles. The van der Waals surface area contributed by atoms with E-state index in [1.807, 2.05) is 0 Å². The van der Waals surface area contributed by atoms with E-state index in [0.29, 0.717) is 34.7 Å². The average molecular weight is 352 g/mol. The van der Waals surface area contributed by atoms with Gasteiger partial charge in [0.15, 0.2) is 6.61 Å². The molecule has 3 rings (SSSR count). The van der Waals surface area contributed by atoms with Crippen molar-refractivity contribution in [1.29, 1.82) is 0 Å². The van der Waals surface area contributed by atoms with E-state index in [1.54, 1.807) is 18.2 Å². The molecule has 0 aliphatic heterocycles. The number of nitrogens with one attached hydrogen (secondary N) is 1. The molecule has 6 heteroatoms. The second kappa shape index (κ2) is 7.43. The van der Waals surface area contributed by atoms with Gasteiger partial charge in [0.2, 0.25) is 0 Å². The van der Waals surface area contributed by atoms with Gasteiger partial charge in [-0.15, -0.1) is 0 Å². The van der Waals surface area contributed by atoms with Crippen LogP contribution in [0.2, 0.25) is 5.02 Å². The molecule has 2 aliphatic rings. The fourth-order valence-corrected chi connectivity index (χ4v) is 4.24. The maximum absolute atomic E-state index is 11.9. The number of esters is 1. The number of fused-ring (bicyclic) bond motifs is 2. The molecule has 130 valence electrons. The Morgan fingerprint density at radius 2 is 2.12 bits per heavy atom. The summed E-state index contributed by atoms with van der Waals surface area (Å²) in [4.78, 5) is 23.8. The van der Waals surface area contributed by atoms with Crippen molar-refractivity contribution in [2.75, 3.05) is 19.0 Å². The zero-order chi connectivity index (χ0) is 17.1. The van der Waals surface area contributed by atoms with Crippen molar-refractivity contribution in [2.45, 2.75) is 32.1 Å². The Labute approximate surface area is 146 Å². The Kier molecular flexibility index (Phi) is 5.29. The third-order valence-electron chi connectivity index (χ3n) is 5.11. The van der Waals surface area contributed by atoms with Crippen molar-refractivity contribution in [3.05, 3.63) is 23.2 Å². The lowest BCUT2D eigenvalue weighted by molar-refractivity contribution is -0.148. The van der Waals surface area contributed by atoms with E-state index in [2.05, 4.69) is 5.32 Å². The second-order valence-electron chi connectivity index (χ2n) is 6.70. The van der Waals surface area contributed by atoms with Crippen molar-refractivity contribution in [3.8, 4) is 5.75 Å². The number of hydrogen-bond donors (Lipinski definition) is 1. The summed E-state index contributed by atoms with van der Waals surface area (Å²) in [5.41, 5.74) is 0.537. The van der Waals surface area contributed by atoms with Crippen LogP contribution in [0.15, 0.2) is 18.2 Å². The summed E-state index contributed by atoms with van der Waals surface area (Å²) in [5.74, 6) is 1.80. The first-order chi connectivity index (χ1) is 11.5. The van der Waals surface area contributed by atoms with Crippen LogP contribution < -0.4 is 10.1 Å². The minimum atomic E-state index is -0.377. The quantitative estimate of drug-likeness (QED) is 0.794. The van der Waals surface area contributed by atoms with Gasteiger partial charge in [-0.2, -0.15) is 0 Å². The standard InChI is InChI=1S/C18H22ClNO4/c1-23-16-5-4-14(9-15(16)19)20-17(21)10-24-18(22)8-13-7-11-2-3-12(13)6-11/h4-5,9,11-13H,2-3,6-8,10H2,1H3,(H,20,21)/t11-,12-,13-/m1/s1. The molecule has 0 heterocycles. The van der Waals surface area contributed by atoms with Gasteiger partial charge in [-0.05, 0) is 55.2 Å². The number of anilines is 1. The van der Waals surface area contributed by atoms with Gasteiger partial charge in [0, 0.05) is 12.1 Å². The molecule has 0 unspecified atom stereocenters. The summed E-state index contributed by atoms with van der Waals surface area (Å²) in [5, 5.41) is 3.06. The Bertz CT molecular complexity index is 633. The molecule has 1 aromatic carbocycles. The Hall–Kier alpha value is -1.75.